The summed E-state index contributed by atoms with van der Waals surface area (Å²) in [7, 11) is 1.72. The van der Waals surface area contributed by atoms with E-state index in [9.17, 15) is 0 Å². The molecule has 0 aliphatic carbocycles. The molecule has 2 nitrogen and oxygen atoms in total. The van der Waals surface area contributed by atoms with E-state index in [2.05, 4.69) is 72.1 Å². The number of hydrogen-bond donors (Lipinski definition) is 1. The highest BCUT2D eigenvalue weighted by Gasteiger charge is 2.14. The van der Waals surface area contributed by atoms with Gasteiger partial charge in [-0.2, -0.15) is 0 Å². The molecular weight excluding hydrogens is 361 g/mol. The van der Waals surface area contributed by atoms with Crippen molar-refractivity contribution >= 4 is 22.6 Å². The predicted molar refractivity (Wildman–Crippen MR) is 92.1 cm³/mol. The van der Waals surface area contributed by atoms with Crippen molar-refractivity contribution in [1.82, 2.24) is 5.32 Å². The SMILES string of the molecule is COc1ccccc1C(C)NC(C)c1ccc(I)cc1. The molecule has 0 saturated carbocycles. The second-order valence-electron chi connectivity index (χ2n) is 4.90. The number of methoxy groups -OCH3 is 1. The first-order chi connectivity index (χ1) is 9.61. The van der Waals surface area contributed by atoms with E-state index in [1.54, 1.807) is 7.11 Å². The van der Waals surface area contributed by atoms with Crippen LogP contribution in [0.3, 0.4) is 0 Å². The molecule has 106 valence electrons. The van der Waals surface area contributed by atoms with Crippen molar-refractivity contribution in [3.63, 3.8) is 0 Å². The summed E-state index contributed by atoms with van der Waals surface area (Å²) in [6.45, 7) is 4.36. The van der Waals surface area contributed by atoms with E-state index < -0.39 is 0 Å². The van der Waals surface area contributed by atoms with E-state index >= 15 is 0 Å². The zero-order chi connectivity index (χ0) is 14.5. The minimum absolute atomic E-state index is 0.237. The first-order valence-electron chi connectivity index (χ1n) is 6.76. The maximum Gasteiger partial charge on any atom is 0.123 e. The van der Waals surface area contributed by atoms with Crippen LogP contribution in [0.1, 0.15) is 37.1 Å². The fraction of sp³-hybridized carbons (Fsp3) is 0.294. The van der Waals surface area contributed by atoms with Crippen LogP contribution in [0.25, 0.3) is 0 Å². The number of hydrogen-bond acceptors (Lipinski definition) is 2. The van der Waals surface area contributed by atoms with E-state index in [1.807, 2.05) is 18.2 Å². The molecular formula is C17H20INO. The van der Waals surface area contributed by atoms with Crippen LogP contribution in [0, 0.1) is 3.57 Å². The number of benzene rings is 2. The Bertz CT molecular complexity index is 553. The molecule has 2 aromatic rings. The van der Waals surface area contributed by atoms with Gasteiger partial charge in [0.25, 0.3) is 0 Å². The summed E-state index contributed by atoms with van der Waals surface area (Å²) in [6, 6.07) is 17.3. The Morgan fingerprint density at radius 2 is 1.60 bits per heavy atom. The summed E-state index contributed by atoms with van der Waals surface area (Å²) < 4.78 is 6.69. The summed E-state index contributed by atoms with van der Waals surface area (Å²) in [6.07, 6.45) is 0. The number of para-hydroxylation sites is 1. The van der Waals surface area contributed by atoms with Crippen LogP contribution in [0.5, 0.6) is 5.75 Å². The van der Waals surface area contributed by atoms with E-state index in [1.165, 1.54) is 14.7 Å². The van der Waals surface area contributed by atoms with Crippen molar-refractivity contribution in [3.05, 3.63) is 63.2 Å². The van der Waals surface area contributed by atoms with E-state index in [-0.39, 0.29) is 6.04 Å². The Morgan fingerprint density at radius 1 is 0.950 bits per heavy atom. The summed E-state index contributed by atoms with van der Waals surface area (Å²) in [4.78, 5) is 0. The third-order valence-electron chi connectivity index (χ3n) is 3.48. The maximum absolute atomic E-state index is 5.43. The molecule has 0 heterocycles. The molecule has 0 amide bonds. The first kappa shape index (κ1) is 15.3. The number of ether oxygens (including phenoxy) is 1. The van der Waals surface area contributed by atoms with Crippen molar-refractivity contribution in [3.8, 4) is 5.75 Å². The van der Waals surface area contributed by atoms with Gasteiger partial charge in [0.15, 0.2) is 0 Å². The Kier molecular flexibility index (Phi) is 5.43. The lowest BCUT2D eigenvalue weighted by Crippen LogP contribution is -2.22. The highest BCUT2D eigenvalue weighted by molar-refractivity contribution is 14.1. The van der Waals surface area contributed by atoms with E-state index in [0.29, 0.717) is 6.04 Å². The van der Waals surface area contributed by atoms with Crippen molar-refractivity contribution < 1.29 is 4.74 Å². The second-order valence-corrected chi connectivity index (χ2v) is 6.15. The van der Waals surface area contributed by atoms with Crippen molar-refractivity contribution in [2.24, 2.45) is 0 Å². The quantitative estimate of drug-likeness (QED) is 0.758. The van der Waals surface area contributed by atoms with Crippen LogP contribution in [-0.2, 0) is 0 Å². The molecule has 2 unspecified atom stereocenters. The predicted octanol–water partition coefficient (Wildman–Crippen LogP) is 4.71. The molecule has 0 spiro atoms. The lowest BCUT2D eigenvalue weighted by Gasteiger charge is -2.22. The monoisotopic (exact) mass is 381 g/mol. The van der Waals surface area contributed by atoms with Crippen molar-refractivity contribution in [2.75, 3.05) is 7.11 Å². The van der Waals surface area contributed by atoms with Crippen LogP contribution in [0.15, 0.2) is 48.5 Å². The smallest absolute Gasteiger partial charge is 0.123 e. The van der Waals surface area contributed by atoms with Gasteiger partial charge < -0.3 is 10.1 Å². The van der Waals surface area contributed by atoms with Crippen molar-refractivity contribution in [2.45, 2.75) is 25.9 Å². The van der Waals surface area contributed by atoms with Gasteiger partial charge in [-0.25, -0.2) is 0 Å². The molecule has 0 aliphatic heterocycles. The van der Waals surface area contributed by atoms with Gasteiger partial charge in [0, 0.05) is 21.2 Å². The number of halogens is 1. The molecule has 20 heavy (non-hydrogen) atoms. The Hall–Kier alpha value is -1.07. The molecule has 2 aromatic carbocycles. The lowest BCUT2D eigenvalue weighted by atomic mass is 10.0. The largest absolute Gasteiger partial charge is 0.496 e. The van der Waals surface area contributed by atoms with Gasteiger partial charge in [-0.05, 0) is 60.2 Å². The molecule has 2 atom stereocenters. The molecule has 0 aromatic heterocycles. The fourth-order valence-electron chi connectivity index (χ4n) is 2.34. The third-order valence-corrected chi connectivity index (χ3v) is 4.19. The Balaban J connectivity index is 2.10. The molecule has 3 heteroatoms. The topological polar surface area (TPSA) is 21.3 Å². The molecule has 0 bridgehead atoms. The molecule has 0 aliphatic rings. The summed E-state index contributed by atoms with van der Waals surface area (Å²) in [5, 5.41) is 3.62. The second kappa shape index (κ2) is 7.09. The minimum Gasteiger partial charge on any atom is -0.496 e. The van der Waals surface area contributed by atoms with Crippen molar-refractivity contribution in [1.29, 1.82) is 0 Å². The molecule has 0 fully saturated rings. The van der Waals surface area contributed by atoms with Gasteiger partial charge in [0.1, 0.15) is 5.75 Å². The number of rotatable bonds is 5. The number of nitrogens with one attached hydrogen (secondary N) is 1. The van der Waals surface area contributed by atoms with Crippen LogP contribution in [-0.4, -0.2) is 7.11 Å². The van der Waals surface area contributed by atoms with Gasteiger partial charge in [-0.1, -0.05) is 30.3 Å². The molecule has 2 rings (SSSR count). The van der Waals surface area contributed by atoms with Gasteiger partial charge in [0.2, 0.25) is 0 Å². The minimum atomic E-state index is 0.237. The highest BCUT2D eigenvalue weighted by atomic mass is 127. The molecule has 0 saturated heterocycles. The highest BCUT2D eigenvalue weighted by Crippen LogP contribution is 2.26. The normalized spacial score (nSPS) is 13.8. The maximum atomic E-state index is 5.43. The van der Waals surface area contributed by atoms with Crippen LogP contribution < -0.4 is 10.1 Å². The van der Waals surface area contributed by atoms with Gasteiger partial charge >= 0.3 is 0 Å². The first-order valence-corrected chi connectivity index (χ1v) is 7.84. The van der Waals surface area contributed by atoms with Crippen LogP contribution in [0.4, 0.5) is 0 Å². The molecule has 0 radical (unpaired) electrons. The average molecular weight is 381 g/mol. The van der Waals surface area contributed by atoms with E-state index in [0.717, 1.165) is 5.75 Å². The van der Waals surface area contributed by atoms with Crippen LogP contribution >= 0.6 is 22.6 Å². The fourth-order valence-corrected chi connectivity index (χ4v) is 2.70. The van der Waals surface area contributed by atoms with E-state index in [4.69, 9.17) is 4.74 Å². The Labute approximate surface area is 134 Å². The summed E-state index contributed by atoms with van der Waals surface area (Å²) in [5.41, 5.74) is 2.49. The molecule has 1 N–H and O–H groups in total. The third kappa shape index (κ3) is 3.73. The van der Waals surface area contributed by atoms with Gasteiger partial charge in [-0.3, -0.25) is 0 Å². The van der Waals surface area contributed by atoms with Gasteiger partial charge in [0.05, 0.1) is 7.11 Å². The van der Waals surface area contributed by atoms with Crippen LogP contribution in [0.2, 0.25) is 0 Å². The zero-order valence-electron chi connectivity index (χ0n) is 12.1. The standard InChI is InChI=1S/C17H20INO/c1-12(14-8-10-15(18)11-9-14)19-13(2)16-6-4-5-7-17(16)20-3/h4-13,19H,1-3H3. The average Bonchev–Trinajstić information content (AvgIpc) is 2.47. The summed E-state index contributed by atoms with van der Waals surface area (Å²) >= 11 is 2.33. The zero-order valence-corrected chi connectivity index (χ0v) is 14.2. The Morgan fingerprint density at radius 3 is 2.25 bits per heavy atom. The summed E-state index contributed by atoms with van der Waals surface area (Å²) in [5.74, 6) is 0.933. The lowest BCUT2D eigenvalue weighted by molar-refractivity contribution is 0.396. The van der Waals surface area contributed by atoms with Gasteiger partial charge in [-0.15, -0.1) is 0 Å².